The zero-order valence-electron chi connectivity index (χ0n) is 9.77. The van der Waals surface area contributed by atoms with E-state index in [9.17, 15) is 0 Å². The Morgan fingerprint density at radius 3 is 3.33 bits per heavy atom. The van der Waals surface area contributed by atoms with E-state index in [-0.39, 0.29) is 0 Å². The molecule has 1 aliphatic carbocycles. The Morgan fingerprint density at radius 1 is 1.33 bits per heavy atom. The first-order valence-electron chi connectivity index (χ1n) is 6.10. The van der Waals surface area contributed by atoms with Gasteiger partial charge in [0.15, 0.2) is 5.82 Å². The van der Waals surface area contributed by atoms with Crippen molar-refractivity contribution >= 4 is 17.7 Å². The Kier molecular flexibility index (Phi) is 1.97. The highest BCUT2D eigenvalue weighted by Crippen LogP contribution is 2.38. The van der Waals surface area contributed by atoms with Gasteiger partial charge in [0.05, 0.1) is 12.2 Å². The Labute approximate surface area is 105 Å². The Hall–Kier alpha value is -2.23. The molecule has 2 aliphatic heterocycles. The molecule has 0 bridgehead atoms. The Bertz CT molecular complexity index is 612. The van der Waals surface area contributed by atoms with Gasteiger partial charge in [0.25, 0.3) is 0 Å². The van der Waals surface area contributed by atoms with Crippen LogP contribution in [0.3, 0.4) is 0 Å². The normalized spacial score (nSPS) is 27.3. The average molecular weight is 236 g/mol. The predicted molar refractivity (Wildman–Crippen MR) is 70.9 cm³/mol. The van der Waals surface area contributed by atoms with Gasteiger partial charge in [0, 0.05) is 18.3 Å². The fourth-order valence-electron chi connectivity index (χ4n) is 2.81. The molecule has 1 aromatic heterocycles. The van der Waals surface area contributed by atoms with Crippen molar-refractivity contribution < 1.29 is 0 Å². The van der Waals surface area contributed by atoms with Crippen LogP contribution in [0, 0.1) is 5.92 Å². The molecule has 3 heterocycles. The maximum Gasteiger partial charge on any atom is 0.162 e. The van der Waals surface area contributed by atoms with Gasteiger partial charge in [-0.05, 0) is 12.0 Å². The van der Waals surface area contributed by atoms with Crippen LogP contribution in [0.1, 0.15) is 6.42 Å². The molecule has 0 N–H and O–H groups in total. The van der Waals surface area contributed by atoms with Gasteiger partial charge in [-0.3, -0.25) is 4.99 Å². The lowest BCUT2D eigenvalue weighted by Gasteiger charge is -2.37. The summed E-state index contributed by atoms with van der Waals surface area (Å²) in [6.45, 7) is 0. The highest BCUT2D eigenvalue weighted by Gasteiger charge is 2.34. The first-order chi connectivity index (χ1) is 8.93. The fourth-order valence-corrected chi connectivity index (χ4v) is 2.81. The summed E-state index contributed by atoms with van der Waals surface area (Å²) < 4.78 is 0. The smallest absolute Gasteiger partial charge is 0.162 e. The summed E-state index contributed by atoms with van der Waals surface area (Å²) in [5.74, 6) is 1.20. The molecule has 0 saturated carbocycles. The molecule has 0 spiro atoms. The van der Waals surface area contributed by atoms with Gasteiger partial charge < -0.3 is 4.90 Å². The van der Waals surface area contributed by atoms with E-state index in [1.54, 1.807) is 12.5 Å². The van der Waals surface area contributed by atoms with E-state index >= 15 is 0 Å². The van der Waals surface area contributed by atoms with E-state index in [0.717, 1.165) is 17.9 Å². The number of hydrogen-bond donors (Lipinski definition) is 0. The van der Waals surface area contributed by atoms with Crippen LogP contribution in [0.15, 0.2) is 53.6 Å². The number of nitrogens with zero attached hydrogens (tertiary/aromatic N) is 4. The lowest BCUT2D eigenvalue weighted by atomic mass is 9.85. The minimum absolute atomic E-state index is 0.309. The van der Waals surface area contributed by atoms with E-state index in [1.165, 1.54) is 5.57 Å². The topological polar surface area (TPSA) is 41.4 Å². The summed E-state index contributed by atoms with van der Waals surface area (Å²) in [6.07, 6.45) is 17.2. The molecule has 4 heteroatoms. The minimum Gasteiger partial charge on any atom is -0.323 e. The number of allylic oxidation sites excluding steroid dienone is 3. The molecule has 2 atom stereocenters. The van der Waals surface area contributed by atoms with E-state index in [4.69, 9.17) is 0 Å². The molecule has 0 fully saturated rings. The lowest BCUT2D eigenvalue weighted by molar-refractivity contribution is 0.635. The maximum atomic E-state index is 4.53. The molecule has 0 amide bonds. The van der Waals surface area contributed by atoms with E-state index < -0.39 is 0 Å². The first-order valence-corrected chi connectivity index (χ1v) is 6.10. The summed E-state index contributed by atoms with van der Waals surface area (Å²) >= 11 is 0. The number of aliphatic imine (C=N–C) groups is 1. The van der Waals surface area contributed by atoms with Crippen molar-refractivity contribution in [2.45, 2.75) is 12.5 Å². The number of anilines is 1. The molecule has 4 nitrogen and oxygen atoms in total. The molecular formula is C14H12N4. The largest absolute Gasteiger partial charge is 0.323 e. The summed E-state index contributed by atoms with van der Waals surface area (Å²) in [6, 6.07) is 0.319. The first kappa shape index (κ1) is 9.76. The molecule has 0 saturated heterocycles. The summed E-state index contributed by atoms with van der Waals surface area (Å²) in [4.78, 5) is 15.2. The lowest BCUT2D eigenvalue weighted by Crippen LogP contribution is -2.41. The van der Waals surface area contributed by atoms with Crippen molar-refractivity contribution in [2.24, 2.45) is 10.9 Å². The van der Waals surface area contributed by atoms with Gasteiger partial charge in [0.2, 0.25) is 0 Å². The Morgan fingerprint density at radius 2 is 2.33 bits per heavy atom. The van der Waals surface area contributed by atoms with Crippen molar-refractivity contribution in [1.82, 2.24) is 9.97 Å². The second kappa shape index (κ2) is 3.63. The second-order valence-corrected chi connectivity index (χ2v) is 4.65. The summed E-state index contributed by atoms with van der Waals surface area (Å²) in [5, 5.41) is 0. The standard InChI is InChI=1S/C14H12N4/c1-3-10-5-2-6-18-13(10)11(4-1)7-16-12-8-15-9-17-14(12)18/h1-4,6-9,11,13H,5H2. The molecule has 18 heavy (non-hydrogen) atoms. The van der Waals surface area contributed by atoms with Gasteiger partial charge in [-0.1, -0.05) is 24.3 Å². The molecule has 2 unspecified atom stereocenters. The second-order valence-electron chi connectivity index (χ2n) is 4.65. The van der Waals surface area contributed by atoms with E-state index in [0.29, 0.717) is 12.0 Å². The van der Waals surface area contributed by atoms with E-state index in [2.05, 4.69) is 50.4 Å². The van der Waals surface area contributed by atoms with Crippen LogP contribution < -0.4 is 4.90 Å². The fraction of sp³-hybridized carbons (Fsp3) is 0.214. The molecule has 0 aromatic carbocycles. The minimum atomic E-state index is 0.309. The quantitative estimate of drug-likeness (QED) is 0.694. The van der Waals surface area contributed by atoms with Crippen LogP contribution >= 0.6 is 0 Å². The van der Waals surface area contributed by atoms with Crippen LogP contribution in [0.2, 0.25) is 0 Å². The van der Waals surface area contributed by atoms with Crippen molar-refractivity contribution in [3.8, 4) is 0 Å². The predicted octanol–water partition coefficient (Wildman–Crippen LogP) is 2.40. The number of hydrogen-bond acceptors (Lipinski definition) is 4. The van der Waals surface area contributed by atoms with Gasteiger partial charge >= 0.3 is 0 Å². The monoisotopic (exact) mass is 236 g/mol. The van der Waals surface area contributed by atoms with Gasteiger partial charge in [-0.2, -0.15) is 0 Å². The highest BCUT2D eigenvalue weighted by molar-refractivity contribution is 5.79. The maximum absolute atomic E-state index is 4.53. The van der Waals surface area contributed by atoms with Crippen LogP contribution in [-0.4, -0.2) is 22.2 Å². The van der Waals surface area contributed by atoms with E-state index in [1.807, 2.05) is 6.21 Å². The zero-order chi connectivity index (χ0) is 11.9. The number of aromatic nitrogens is 2. The summed E-state index contributed by atoms with van der Waals surface area (Å²) in [7, 11) is 0. The molecule has 4 rings (SSSR count). The third-order valence-electron chi connectivity index (χ3n) is 3.61. The molecule has 1 aromatic rings. The zero-order valence-corrected chi connectivity index (χ0v) is 9.77. The molecule has 0 radical (unpaired) electrons. The highest BCUT2D eigenvalue weighted by atomic mass is 15.2. The molecular weight excluding hydrogens is 224 g/mol. The SMILES string of the molecule is C1=CC2C=Nc3cncnc3N3C=CCC(=C1)C23. The summed E-state index contributed by atoms with van der Waals surface area (Å²) in [5.41, 5.74) is 2.26. The molecule has 3 aliphatic rings. The van der Waals surface area contributed by atoms with Crippen LogP contribution in [0.25, 0.3) is 0 Å². The van der Waals surface area contributed by atoms with Gasteiger partial charge in [0.1, 0.15) is 12.0 Å². The average Bonchev–Trinajstić information content (AvgIpc) is 2.60. The van der Waals surface area contributed by atoms with Crippen molar-refractivity contribution in [3.63, 3.8) is 0 Å². The third-order valence-corrected chi connectivity index (χ3v) is 3.61. The van der Waals surface area contributed by atoms with Crippen molar-refractivity contribution in [1.29, 1.82) is 0 Å². The Balaban J connectivity index is 1.94. The molecule has 88 valence electrons. The van der Waals surface area contributed by atoms with Gasteiger partial charge in [-0.15, -0.1) is 0 Å². The van der Waals surface area contributed by atoms with Gasteiger partial charge in [-0.25, -0.2) is 9.97 Å². The third kappa shape index (κ3) is 1.29. The van der Waals surface area contributed by atoms with Crippen LogP contribution in [0.4, 0.5) is 11.5 Å². The van der Waals surface area contributed by atoms with Crippen LogP contribution in [-0.2, 0) is 0 Å². The van der Waals surface area contributed by atoms with Crippen molar-refractivity contribution in [3.05, 3.63) is 48.6 Å². The van der Waals surface area contributed by atoms with Crippen LogP contribution in [0.5, 0.6) is 0 Å². The number of rotatable bonds is 0. The van der Waals surface area contributed by atoms with Crippen molar-refractivity contribution in [2.75, 3.05) is 4.90 Å². The number of fused-ring (bicyclic) bond motifs is 2.